The molecule has 0 fully saturated rings. The van der Waals surface area contributed by atoms with E-state index in [1.165, 1.54) is 6.07 Å². The number of nitrogens with two attached hydrogens (primary N) is 1. The second kappa shape index (κ2) is 5.27. The second-order valence-corrected chi connectivity index (χ2v) is 4.40. The first-order chi connectivity index (χ1) is 9.78. The topological polar surface area (TPSA) is 48.1 Å². The standard InChI is InChI=1S/C16H13FN2O/c17-14-6-3-5-12(9-18)16(14)20-13-8-11-4-1-2-7-15(11)19-10-13/h1-8,10H,9,18H2. The molecule has 0 atom stereocenters. The highest BCUT2D eigenvalue weighted by Crippen LogP contribution is 2.29. The molecule has 0 saturated heterocycles. The highest BCUT2D eigenvalue weighted by atomic mass is 19.1. The molecular formula is C16H13FN2O. The van der Waals surface area contributed by atoms with Crippen molar-refractivity contribution in [2.24, 2.45) is 5.73 Å². The van der Waals surface area contributed by atoms with E-state index in [4.69, 9.17) is 10.5 Å². The van der Waals surface area contributed by atoms with Gasteiger partial charge in [0.05, 0.1) is 11.7 Å². The van der Waals surface area contributed by atoms with Gasteiger partial charge in [0, 0.05) is 17.5 Å². The molecule has 3 aromatic rings. The summed E-state index contributed by atoms with van der Waals surface area (Å²) in [7, 11) is 0. The number of rotatable bonds is 3. The Morgan fingerprint density at radius 3 is 2.80 bits per heavy atom. The van der Waals surface area contributed by atoms with Gasteiger partial charge in [0.25, 0.3) is 0 Å². The summed E-state index contributed by atoms with van der Waals surface area (Å²) in [5.74, 6) is 0.219. The zero-order valence-electron chi connectivity index (χ0n) is 10.7. The molecule has 3 rings (SSSR count). The zero-order chi connectivity index (χ0) is 13.9. The van der Waals surface area contributed by atoms with Gasteiger partial charge in [0.15, 0.2) is 11.6 Å². The molecule has 20 heavy (non-hydrogen) atoms. The third kappa shape index (κ3) is 2.33. The van der Waals surface area contributed by atoms with Gasteiger partial charge in [0.1, 0.15) is 5.75 Å². The number of ether oxygens (including phenoxy) is 1. The largest absolute Gasteiger partial charge is 0.452 e. The number of para-hydroxylation sites is 2. The van der Waals surface area contributed by atoms with Crippen LogP contribution in [-0.2, 0) is 6.54 Å². The Morgan fingerprint density at radius 1 is 1.10 bits per heavy atom. The van der Waals surface area contributed by atoms with Crippen LogP contribution in [-0.4, -0.2) is 4.98 Å². The highest BCUT2D eigenvalue weighted by Gasteiger charge is 2.10. The fraction of sp³-hybridized carbons (Fsp3) is 0.0625. The molecule has 0 radical (unpaired) electrons. The number of nitrogens with zero attached hydrogens (tertiary/aromatic N) is 1. The Kier molecular flexibility index (Phi) is 3.31. The van der Waals surface area contributed by atoms with Crippen LogP contribution in [0.25, 0.3) is 10.9 Å². The Labute approximate surface area is 115 Å². The average molecular weight is 268 g/mol. The van der Waals surface area contributed by atoms with Crippen molar-refractivity contribution in [3.05, 3.63) is 66.1 Å². The van der Waals surface area contributed by atoms with Crippen molar-refractivity contribution in [2.75, 3.05) is 0 Å². The minimum atomic E-state index is -0.430. The van der Waals surface area contributed by atoms with Gasteiger partial charge in [-0.2, -0.15) is 0 Å². The van der Waals surface area contributed by atoms with Gasteiger partial charge in [-0.3, -0.25) is 4.98 Å². The van der Waals surface area contributed by atoms with Crippen molar-refractivity contribution in [2.45, 2.75) is 6.54 Å². The molecule has 0 spiro atoms. The van der Waals surface area contributed by atoms with Gasteiger partial charge >= 0.3 is 0 Å². The number of pyridine rings is 1. The third-order valence-electron chi connectivity index (χ3n) is 3.05. The minimum Gasteiger partial charge on any atom is -0.452 e. The summed E-state index contributed by atoms with van der Waals surface area (Å²) in [6.45, 7) is 0.216. The molecule has 1 heterocycles. The van der Waals surface area contributed by atoms with Crippen molar-refractivity contribution in [1.29, 1.82) is 0 Å². The summed E-state index contributed by atoms with van der Waals surface area (Å²) in [5, 5.41) is 0.940. The van der Waals surface area contributed by atoms with Crippen LogP contribution in [0.3, 0.4) is 0 Å². The molecule has 0 aliphatic heterocycles. The van der Waals surface area contributed by atoms with Crippen LogP contribution in [0.5, 0.6) is 11.5 Å². The lowest BCUT2D eigenvalue weighted by molar-refractivity contribution is 0.435. The van der Waals surface area contributed by atoms with Crippen molar-refractivity contribution in [3.63, 3.8) is 0 Å². The second-order valence-electron chi connectivity index (χ2n) is 4.40. The van der Waals surface area contributed by atoms with Gasteiger partial charge in [-0.15, -0.1) is 0 Å². The van der Waals surface area contributed by atoms with Crippen LogP contribution in [0.1, 0.15) is 5.56 Å². The maximum absolute atomic E-state index is 13.8. The first-order valence-corrected chi connectivity index (χ1v) is 6.28. The molecule has 100 valence electrons. The number of hydrogen-bond acceptors (Lipinski definition) is 3. The lowest BCUT2D eigenvalue weighted by Gasteiger charge is -2.11. The number of fused-ring (bicyclic) bond motifs is 1. The number of benzene rings is 2. The maximum Gasteiger partial charge on any atom is 0.167 e. The summed E-state index contributed by atoms with van der Waals surface area (Å²) in [6.07, 6.45) is 1.58. The predicted octanol–water partition coefficient (Wildman–Crippen LogP) is 3.62. The van der Waals surface area contributed by atoms with Crippen LogP contribution < -0.4 is 10.5 Å². The Morgan fingerprint density at radius 2 is 1.95 bits per heavy atom. The van der Waals surface area contributed by atoms with E-state index in [0.717, 1.165) is 10.9 Å². The van der Waals surface area contributed by atoms with Crippen LogP contribution in [0.4, 0.5) is 4.39 Å². The monoisotopic (exact) mass is 268 g/mol. The molecule has 1 aromatic heterocycles. The quantitative estimate of drug-likeness (QED) is 0.789. The van der Waals surface area contributed by atoms with E-state index in [1.807, 2.05) is 30.3 Å². The fourth-order valence-corrected chi connectivity index (χ4v) is 2.05. The molecule has 2 N–H and O–H groups in total. The Bertz CT molecular complexity index is 758. The van der Waals surface area contributed by atoms with Gasteiger partial charge in [-0.05, 0) is 18.2 Å². The normalized spacial score (nSPS) is 10.7. The summed E-state index contributed by atoms with van der Waals surface area (Å²) in [4.78, 5) is 4.28. The molecular weight excluding hydrogens is 255 g/mol. The lowest BCUT2D eigenvalue weighted by atomic mass is 10.2. The van der Waals surface area contributed by atoms with Crippen molar-refractivity contribution in [3.8, 4) is 11.5 Å². The number of hydrogen-bond donors (Lipinski definition) is 1. The molecule has 0 amide bonds. The van der Waals surface area contributed by atoms with Gasteiger partial charge in [-0.25, -0.2) is 4.39 Å². The number of halogens is 1. The van der Waals surface area contributed by atoms with E-state index in [0.29, 0.717) is 11.3 Å². The maximum atomic E-state index is 13.8. The molecule has 2 aromatic carbocycles. The van der Waals surface area contributed by atoms with Gasteiger partial charge in [0.2, 0.25) is 0 Å². The Balaban J connectivity index is 2.01. The van der Waals surface area contributed by atoms with Crippen LogP contribution >= 0.6 is 0 Å². The molecule has 0 aliphatic carbocycles. The third-order valence-corrected chi connectivity index (χ3v) is 3.05. The first-order valence-electron chi connectivity index (χ1n) is 6.28. The van der Waals surface area contributed by atoms with Crippen molar-refractivity contribution >= 4 is 10.9 Å². The molecule has 4 heteroatoms. The van der Waals surface area contributed by atoms with Gasteiger partial charge in [-0.1, -0.05) is 30.3 Å². The van der Waals surface area contributed by atoms with Gasteiger partial charge < -0.3 is 10.5 Å². The van der Waals surface area contributed by atoms with E-state index in [9.17, 15) is 4.39 Å². The smallest absolute Gasteiger partial charge is 0.167 e. The van der Waals surface area contributed by atoms with Crippen molar-refractivity contribution in [1.82, 2.24) is 4.98 Å². The zero-order valence-corrected chi connectivity index (χ0v) is 10.7. The molecule has 0 bridgehead atoms. The Hall–Kier alpha value is -2.46. The molecule has 3 nitrogen and oxygen atoms in total. The first kappa shape index (κ1) is 12.6. The molecule has 0 aliphatic rings. The minimum absolute atomic E-state index is 0.159. The van der Waals surface area contributed by atoms with E-state index < -0.39 is 5.82 Å². The van der Waals surface area contributed by atoms with E-state index in [1.54, 1.807) is 18.3 Å². The molecule has 0 unspecified atom stereocenters. The van der Waals surface area contributed by atoms with E-state index in [-0.39, 0.29) is 12.3 Å². The predicted molar refractivity (Wildman–Crippen MR) is 76.1 cm³/mol. The molecule has 0 saturated carbocycles. The fourth-order valence-electron chi connectivity index (χ4n) is 2.05. The van der Waals surface area contributed by atoms with Crippen LogP contribution in [0.15, 0.2) is 54.7 Å². The average Bonchev–Trinajstić information content (AvgIpc) is 2.49. The summed E-state index contributed by atoms with van der Waals surface area (Å²) in [6, 6.07) is 14.2. The summed E-state index contributed by atoms with van der Waals surface area (Å²) in [5.41, 5.74) is 7.09. The van der Waals surface area contributed by atoms with Crippen LogP contribution in [0.2, 0.25) is 0 Å². The lowest BCUT2D eigenvalue weighted by Crippen LogP contribution is -2.01. The SMILES string of the molecule is NCc1cccc(F)c1Oc1cnc2ccccc2c1. The summed E-state index contributed by atoms with van der Waals surface area (Å²) >= 11 is 0. The number of aromatic nitrogens is 1. The van der Waals surface area contributed by atoms with Crippen molar-refractivity contribution < 1.29 is 9.13 Å². The van der Waals surface area contributed by atoms with Crippen LogP contribution in [0, 0.1) is 5.82 Å². The summed E-state index contributed by atoms with van der Waals surface area (Å²) < 4.78 is 19.5. The van der Waals surface area contributed by atoms with E-state index in [2.05, 4.69) is 4.98 Å². The highest BCUT2D eigenvalue weighted by molar-refractivity contribution is 5.79. The van der Waals surface area contributed by atoms with E-state index >= 15 is 0 Å².